The Morgan fingerprint density at radius 2 is 1.76 bits per heavy atom. The largest absolute Gasteiger partial charge is 0.445 e. The van der Waals surface area contributed by atoms with E-state index in [1.165, 1.54) is 0 Å². The number of halogens is 1. The van der Waals surface area contributed by atoms with Crippen LogP contribution >= 0.6 is 11.3 Å². The van der Waals surface area contributed by atoms with E-state index < -0.39 is 30.8 Å². The van der Waals surface area contributed by atoms with Gasteiger partial charge in [-0.25, -0.2) is 9.18 Å². The lowest BCUT2D eigenvalue weighted by Gasteiger charge is -2.28. The number of hydrogen-bond donors (Lipinski definition) is 2. The third-order valence-corrected chi connectivity index (χ3v) is 7.83. The molecule has 1 saturated heterocycles. The molecule has 5 rings (SSSR count). The number of amides is 2. The van der Waals surface area contributed by atoms with Gasteiger partial charge in [-0.2, -0.15) is 4.68 Å². The highest BCUT2D eigenvalue weighted by atomic mass is 32.1. The van der Waals surface area contributed by atoms with Crippen molar-refractivity contribution in [1.29, 1.82) is 0 Å². The van der Waals surface area contributed by atoms with Crippen LogP contribution in [0.2, 0.25) is 0 Å². The molecule has 2 amide bonds. The Hall–Kier alpha value is -4.29. The fraction of sp³-hybridized carbons (Fsp3) is 0.310. The maximum absolute atomic E-state index is 13.3. The first-order valence-electron chi connectivity index (χ1n) is 13.1. The van der Waals surface area contributed by atoms with Gasteiger partial charge in [-0.3, -0.25) is 9.59 Å². The minimum atomic E-state index is -0.915. The molecule has 1 aliphatic heterocycles. The summed E-state index contributed by atoms with van der Waals surface area (Å²) in [6.45, 7) is 5.33. The number of carbonyl (C=O) groups excluding carboxylic acids is 3. The fourth-order valence-corrected chi connectivity index (χ4v) is 5.52. The Labute approximate surface area is 240 Å². The number of ether oxygens (including phenoxy) is 2. The van der Waals surface area contributed by atoms with Gasteiger partial charge in [-0.15, -0.1) is 16.4 Å². The first-order chi connectivity index (χ1) is 19.8. The second-order valence-corrected chi connectivity index (χ2v) is 11.0. The normalized spacial score (nSPS) is 13.7. The van der Waals surface area contributed by atoms with Crippen LogP contribution in [0.25, 0.3) is 10.2 Å². The van der Waals surface area contributed by atoms with Crippen molar-refractivity contribution in [2.45, 2.75) is 19.4 Å². The molecule has 4 aromatic rings. The summed E-state index contributed by atoms with van der Waals surface area (Å²) in [7, 11) is 0. The van der Waals surface area contributed by atoms with E-state index in [-0.39, 0.29) is 16.6 Å². The first kappa shape index (κ1) is 28.2. The zero-order chi connectivity index (χ0) is 29.0. The Morgan fingerprint density at radius 3 is 2.44 bits per heavy atom. The first-order valence-corrected chi connectivity index (χ1v) is 14.0. The lowest BCUT2D eigenvalue weighted by Crippen LogP contribution is -2.40. The number of aromatic nitrogens is 2. The SMILES string of the molecule is CC(C)(NC(=O)c1cc2c(NC(=O)c3ccc(N4CCOCC4)cc3)nn(C(=O)OCCF)c2s1)c1ccccc1. The third-order valence-electron chi connectivity index (χ3n) is 6.72. The number of hydrogen-bond acceptors (Lipinski definition) is 8. The summed E-state index contributed by atoms with van der Waals surface area (Å²) in [5.41, 5.74) is 1.62. The molecule has 3 heterocycles. The highest BCUT2D eigenvalue weighted by Crippen LogP contribution is 2.33. The molecule has 0 atom stereocenters. The van der Waals surface area contributed by atoms with Gasteiger partial charge in [-0.05, 0) is 49.7 Å². The van der Waals surface area contributed by atoms with Gasteiger partial charge in [0.25, 0.3) is 11.8 Å². The molecule has 0 aliphatic carbocycles. The zero-order valence-corrected chi connectivity index (χ0v) is 23.5. The molecule has 2 N–H and O–H groups in total. The maximum atomic E-state index is 13.3. The van der Waals surface area contributed by atoms with Crippen molar-refractivity contribution >= 4 is 51.0 Å². The molecule has 10 nitrogen and oxygen atoms in total. The van der Waals surface area contributed by atoms with Crippen LogP contribution < -0.4 is 15.5 Å². The van der Waals surface area contributed by atoms with Crippen molar-refractivity contribution in [3.63, 3.8) is 0 Å². The van der Waals surface area contributed by atoms with E-state index in [0.717, 1.165) is 40.4 Å². The van der Waals surface area contributed by atoms with Gasteiger partial charge in [0.15, 0.2) is 5.82 Å². The van der Waals surface area contributed by atoms with Crippen molar-refractivity contribution < 1.29 is 28.2 Å². The summed E-state index contributed by atoms with van der Waals surface area (Å²) >= 11 is 1.02. The van der Waals surface area contributed by atoms with Gasteiger partial charge >= 0.3 is 6.09 Å². The number of benzene rings is 2. The number of thiophene rings is 1. The van der Waals surface area contributed by atoms with Crippen LogP contribution in [0.1, 0.15) is 39.4 Å². The lowest BCUT2D eigenvalue weighted by molar-refractivity contribution is 0.0915. The van der Waals surface area contributed by atoms with E-state index in [4.69, 9.17) is 9.47 Å². The summed E-state index contributed by atoms with van der Waals surface area (Å²) in [5.74, 6) is -0.721. The average Bonchev–Trinajstić information content (AvgIpc) is 3.57. The molecule has 2 aromatic carbocycles. The maximum Gasteiger partial charge on any atom is 0.436 e. The van der Waals surface area contributed by atoms with Crippen molar-refractivity contribution in [2.75, 3.05) is 49.8 Å². The van der Waals surface area contributed by atoms with E-state index in [9.17, 15) is 18.8 Å². The summed E-state index contributed by atoms with van der Waals surface area (Å²) in [6.07, 6.45) is -0.915. The van der Waals surface area contributed by atoms with Crippen LogP contribution in [0, 0.1) is 0 Å². The molecular weight excluding hydrogens is 549 g/mol. The standard InChI is InChI=1S/C29H30FN5O5S/c1-29(2,20-6-4-3-5-7-20)32-26(37)23-18-22-24(33-35(27(22)41-23)28(38)40-15-12-30)31-25(36)19-8-10-21(11-9-19)34-13-16-39-17-14-34/h3-11,18H,12-17H2,1-2H3,(H,32,37)(H,31,33,36). The highest BCUT2D eigenvalue weighted by Gasteiger charge is 2.27. The van der Waals surface area contributed by atoms with Crippen molar-refractivity contribution in [3.8, 4) is 0 Å². The molecule has 41 heavy (non-hydrogen) atoms. The molecule has 2 aromatic heterocycles. The summed E-state index contributed by atoms with van der Waals surface area (Å²) in [4.78, 5) is 41.8. The van der Waals surface area contributed by atoms with Gasteiger partial charge in [0.1, 0.15) is 18.1 Å². The van der Waals surface area contributed by atoms with E-state index in [0.29, 0.717) is 29.0 Å². The topological polar surface area (TPSA) is 115 Å². The fourth-order valence-electron chi connectivity index (χ4n) is 4.52. The molecule has 0 radical (unpaired) electrons. The number of rotatable bonds is 8. The summed E-state index contributed by atoms with van der Waals surface area (Å²) in [6, 6.07) is 18.3. The molecule has 0 bridgehead atoms. The monoisotopic (exact) mass is 579 g/mol. The molecule has 0 unspecified atom stereocenters. The van der Waals surface area contributed by atoms with Crippen LogP contribution in [-0.2, 0) is 15.0 Å². The zero-order valence-electron chi connectivity index (χ0n) is 22.7. The van der Waals surface area contributed by atoms with Gasteiger partial charge in [0.05, 0.1) is 29.0 Å². The summed E-state index contributed by atoms with van der Waals surface area (Å²) < 4.78 is 23.9. The van der Waals surface area contributed by atoms with Crippen LogP contribution in [0.5, 0.6) is 0 Å². The van der Waals surface area contributed by atoms with Gasteiger partial charge < -0.3 is 25.0 Å². The van der Waals surface area contributed by atoms with Crippen LogP contribution in [-0.4, -0.2) is 67.3 Å². The van der Waals surface area contributed by atoms with Crippen molar-refractivity contribution in [1.82, 2.24) is 15.1 Å². The van der Waals surface area contributed by atoms with Gasteiger partial charge in [-0.1, -0.05) is 30.3 Å². The van der Waals surface area contributed by atoms with Crippen LogP contribution in [0.4, 0.5) is 20.7 Å². The number of nitrogens with zero attached hydrogens (tertiary/aromatic N) is 3. The van der Waals surface area contributed by atoms with Crippen LogP contribution in [0.3, 0.4) is 0 Å². The number of alkyl halides is 1. The quantitative estimate of drug-likeness (QED) is 0.308. The molecule has 12 heteroatoms. The Morgan fingerprint density at radius 1 is 1.05 bits per heavy atom. The Kier molecular flexibility index (Phi) is 8.31. The molecule has 0 spiro atoms. The summed E-state index contributed by atoms with van der Waals surface area (Å²) in [5, 5.41) is 10.4. The number of anilines is 2. The molecule has 0 saturated carbocycles. The predicted molar refractivity (Wildman–Crippen MR) is 155 cm³/mol. The predicted octanol–water partition coefficient (Wildman–Crippen LogP) is 4.81. The number of nitrogens with one attached hydrogen (secondary N) is 2. The van der Waals surface area contributed by atoms with E-state index in [1.54, 1.807) is 18.2 Å². The third kappa shape index (κ3) is 6.23. The highest BCUT2D eigenvalue weighted by molar-refractivity contribution is 7.20. The smallest absolute Gasteiger partial charge is 0.436 e. The van der Waals surface area contributed by atoms with Gasteiger partial charge in [0, 0.05) is 24.3 Å². The average molecular weight is 580 g/mol. The molecule has 1 fully saturated rings. The Bertz CT molecular complexity index is 1550. The van der Waals surface area contributed by atoms with Gasteiger partial charge in [0.2, 0.25) is 0 Å². The molecule has 1 aliphatic rings. The number of morpholine rings is 1. The second-order valence-electron chi connectivity index (χ2n) is 9.94. The number of fused-ring (bicyclic) bond motifs is 1. The Balaban J connectivity index is 1.40. The lowest BCUT2D eigenvalue weighted by atomic mass is 9.94. The minimum Gasteiger partial charge on any atom is -0.445 e. The second kappa shape index (κ2) is 12.1. The van der Waals surface area contributed by atoms with E-state index in [1.807, 2.05) is 56.3 Å². The van der Waals surface area contributed by atoms with Crippen LogP contribution in [0.15, 0.2) is 60.7 Å². The minimum absolute atomic E-state index is 0.0806. The van der Waals surface area contributed by atoms with Crippen molar-refractivity contribution in [2.24, 2.45) is 0 Å². The molecular formula is C29H30FN5O5S. The van der Waals surface area contributed by atoms with E-state index in [2.05, 4.69) is 20.6 Å². The number of carbonyl (C=O) groups is 3. The van der Waals surface area contributed by atoms with E-state index >= 15 is 0 Å². The molecule has 214 valence electrons. The van der Waals surface area contributed by atoms with Crippen molar-refractivity contribution in [3.05, 3.63) is 76.7 Å².